The van der Waals surface area contributed by atoms with Gasteiger partial charge in [-0.25, -0.2) is 4.98 Å². The van der Waals surface area contributed by atoms with Crippen LogP contribution < -0.4 is 4.74 Å². The first kappa shape index (κ1) is 28.3. The highest BCUT2D eigenvalue weighted by Gasteiger charge is 2.21. The number of imidazole rings is 1. The van der Waals surface area contributed by atoms with Gasteiger partial charge in [0.1, 0.15) is 17.3 Å². The molecule has 9 aromatic rings. The average Bonchev–Trinajstić information content (AvgIpc) is 3.58. The SMILES string of the molecule is c1ccc(-n2c(-c3ccc(-c4ccc(-c5ccc(-c6ccc7c(c6)Oc6ccnc8cccc-7c68)cc5)cc4)cc3)nc3ccccc32)cc1. The van der Waals surface area contributed by atoms with Crippen molar-refractivity contribution in [3.63, 3.8) is 0 Å². The summed E-state index contributed by atoms with van der Waals surface area (Å²) in [5.74, 6) is 2.66. The molecule has 1 aliphatic heterocycles. The number of nitrogens with zero attached hydrogens (tertiary/aromatic N) is 3. The number of para-hydroxylation sites is 3. The minimum atomic E-state index is 0.855. The smallest absolute Gasteiger partial charge is 0.145 e. The molecule has 234 valence electrons. The van der Waals surface area contributed by atoms with Crippen molar-refractivity contribution in [2.45, 2.75) is 0 Å². The van der Waals surface area contributed by atoms with E-state index >= 15 is 0 Å². The van der Waals surface area contributed by atoms with Crippen LogP contribution in [0.2, 0.25) is 0 Å². The highest BCUT2D eigenvalue weighted by atomic mass is 16.5. The monoisotopic (exact) mass is 639 g/mol. The third-order valence-electron chi connectivity index (χ3n) is 9.71. The molecule has 0 saturated carbocycles. The largest absolute Gasteiger partial charge is 0.456 e. The Balaban J connectivity index is 0.898. The standard InChI is InChI=1S/C46H29N3O/c1-2-7-37(8-3-1)49-42-12-5-4-10-40(42)48-46(49)35-23-21-33(22-24-35)31-15-13-30(14-16-31)32-17-19-34(20-18-32)36-25-26-38-39-9-6-11-41-45(39)43(27-28-47-41)50-44(38)29-36/h1-29H. The zero-order valence-corrected chi connectivity index (χ0v) is 27.0. The minimum absolute atomic E-state index is 0.855. The maximum absolute atomic E-state index is 6.37. The van der Waals surface area contributed by atoms with Gasteiger partial charge in [0, 0.05) is 23.0 Å². The summed E-state index contributed by atoms with van der Waals surface area (Å²) in [5.41, 5.74) is 14.5. The van der Waals surface area contributed by atoms with E-state index in [0.29, 0.717) is 0 Å². The highest BCUT2D eigenvalue weighted by Crippen LogP contribution is 2.47. The quantitative estimate of drug-likeness (QED) is 0.188. The molecule has 4 heteroatoms. The van der Waals surface area contributed by atoms with Gasteiger partial charge in [0.05, 0.1) is 21.9 Å². The fraction of sp³-hybridized carbons (Fsp3) is 0. The first-order valence-electron chi connectivity index (χ1n) is 16.8. The van der Waals surface area contributed by atoms with Crippen LogP contribution in [0.3, 0.4) is 0 Å². The second kappa shape index (κ2) is 11.4. The molecule has 0 radical (unpaired) electrons. The molecule has 0 spiro atoms. The van der Waals surface area contributed by atoms with Crippen LogP contribution in [0.1, 0.15) is 0 Å². The Kier molecular flexibility index (Phi) is 6.46. The van der Waals surface area contributed by atoms with Crippen LogP contribution in [-0.4, -0.2) is 14.5 Å². The minimum Gasteiger partial charge on any atom is -0.456 e. The Morgan fingerprint density at radius 1 is 0.420 bits per heavy atom. The zero-order chi connectivity index (χ0) is 33.0. The normalized spacial score (nSPS) is 11.8. The fourth-order valence-corrected chi connectivity index (χ4v) is 7.19. The van der Waals surface area contributed by atoms with Crippen molar-refractivity contribution in [3.05, 3.63) is 176 Å². The molecule has 7 aromatic carbocycles. The maximum atomic E-state index is 6.37. The number of fused-ring (bicyclic) bond motifs is 3. The van der Waals surface area contributed by atoms with Crippen LogP contribution in [0.5, 0.6) is 11.5 Å². The predicted molar refractivity (Wildman–Crippen MR) is 204 cm³/mol. The van der Waals surface area contributed by atoms with Gasteiger partial charge < -0.3 is 4.74 Å². The van der Waals surface area contributed by atoms with Crippen molar-refractivity contribution < 1.29 is 4.74 Å². The summed E-state index contributed by atoms with van der Waals surface area (Å²) < 4.78 is 8.61. The van der Waals surface area contributed by atoms with Crippen molar-refractivity contribution in [3.8, 4) is 73.1 Å². The fourth-order valence-electron chi connectivity index (χ4n) is 7.19. The first-order chi connectivity index (χ1) is 24.8. The highest BCUT2D eigenvalue weighted by molar-refractivity contribution is 6.02. The molecule has 50 heavy (non-hydrogen) atoms. The molecule has 2 aromatic heterocycles. The van der Waals surface area contributed by atoms with E-state index < -0.39 is 0 Å². The lowest BCUT2D eigenvalue weighted by molar-refractivity contribution is 0.487. The van der Waals surface area contributed by atoms with Crippen molar-refractivity contribution in [1.82, 2.24) is 14.5 Å². The van der Waals surface area contributed by atoms with Crippen molar-refractivity contribution in [1.29, 1.82) is 0 Å². The molecular weight excluding hydrogens is 611 g/mol. The Morgan fingerprint density at radius 3 is 1.70 bits per heavy atom. The van der Waals surface area contributed by atoms with E-state index in [-0.39, 0.29) is 0 Å². The Labute approximate surface area is 289 Å². The maximum Gasteiger partial charge on any atom is 0.145 e. The lowest BCUT2D eigenvalue weighted by atomic mass is 9.93. The van der Waals surface area contributed by atoms with Gasteiger partial charge in [-0.2, -0.15) is 0 Å². The first-order valence-corrected chi connectivity index (χ1v) is 16.8. The summed E-state index contributed by atoms with van der Waals surface area (Å²) in [7, 11) is 0. The van der Waals surface area contributed by atoms with E-state index in [0.717, 1.165) is 72.8 Å². The van der Waals surface area contributed by atoms with E-state index in [1.165, 1.54) is 22.3 Å². The van der Waals surface area contributed by atoms with Gasteiger partial charge in [-0.05, 0) is 87.5 Å². The second-order valence-corrected chi connectivity index (χ2v) is 12.6. The van der Waals surface area contributed by atoms with Gasteiger partial charge in [0.25, 0.3) is 0 Å². The van der Waals surface area contributed by atoms with Crippen molar-refractivity contribution in [2.24, 2.45) is 0 Å². The Morgan fingerprint density at radius 2 is 1.00 bits per heavy atom. The van der Waals surface area contributed by atoms with Gasteiger partial charge in [-0.1, -0.05) is 121 Å². The number of benzene rings is 7. The molecule has 0 aliphatic carbocycles. The second-order valence-electron chi connectivity index (χ2n) is 12.6. The molecule has 3 heterocycles. The van der Waals surface area contributed by atoms with Gasteiger partial charge in [-0.3, -0.25) is 9.55 Å². The summed E-state index contributed by atoms with van der Waals surface area (Å²) in [6.45, 7) is 0. The van der Waals surface area contributed by atoms with E-state index in [1.54, 1.807) is 0 Å². The zero-order valence-electron chi connectivity index (χ0n) is 27.0. The third-order valence-corrected chi connectivity index (χ3v) is 9.71. The summed E-state index contributed by atoms with van der Waals surface area (Å²) in [5, 5.41) is 1.07. The summed E-state index contributed by atoms with van der Waals surface area (Å²) >= 11 is 0. The predicted octanol–water partition coefficient (Wildman–Crippen LogP) is 12.0. The molecule has 0 atom stereocenters. The van der Waals surface area contributed by atoms with E-state index in [9.17, 15) is 0 Å². The van der Waals surface area contributed by atoms with Crippen LogP contribution in [0.15, 0.2) is 176 Å². The van der Waals surface area contributed by atoms with Crippen molar-refractivity contribution >= 4 is 21.9 Å². The molecule has 10 rings (SSSR count). The third kappa shape index (κ3) is 4.69. The summed E-state index contributed by atoms with van der Waals surface area (Å²) in [6.07, 6.45) is 1.81. The van der Waals surface area contributed by atoms with Crippen molar-refractivity contribution in [2.75, 3.05) is 0 Å². The van der Waals surface area contributed by atoms with Crippen LogP contribution >= 0.6 is 0 Å². The molecule has 1 aliphatic rings. The number of aromatic nitrogens is 3. The number of rotatable bonds is 5. The Bertz CT molecular complexity index is 2690. The van der Waals surface area contributed by atoms with Gasteiger partial charge >= 0.3 is 0 Å². The van der Waals surface area contributed by atoms with Crippen LogP contribution in [0.4, 0.5) is 0 Å². The summed E-state index contributed by atoms with van der Waals surface area (Å²) in [4.78, 5) is 9.55. The van der Waals surface area contributed by atoms with Gasteiger partial charge in [-0.15, -0.1) is 0 Å². The summed E-state index contributed by atoms with van der Waals surface area (Å²) in [6, 6.07) is 59.7. The molecule has 0 saturated heterocycles. The number of pyridine rings is 1. The number of hydrogen-bond acceptors (Lipinski definition) is 3. The molecule has 0 amide bonds. The van der Waals surface area contributed by atoms with E-state index in [1.807, 2.05) is 30.5 Å². The molecular formula is C46H29N3O. The molecule has 0 unspecified atom stereocenters. The topological polar surface area (TPSA) is 39.9 Å². The molecule has 0 fully saturated rings. The lowest BCUT2D eigenvalue weighted by Crippen LogP contribution is -1.98. The van der Waals surface area contributed by atoms with Gasteiger partial charge in [0.2, 0.25) is 0 Å². The van der Waals surface area contributed by atoms with Crippen LogP contribution in [0.25, 0.3) is 83.5 Å². The Hall–Kier alpha value is -6.78. The lowest BCUT2D eigenvalue weighted by Gasteiger charge is -2.21. The number of hydrogen-bond donors (Lipinski definition) is 0. The molecule has 0 bridgehead atoms. The van der Waals surface area contributed by atoms with E-state index in [4.69, 9.17) is 9.72 Å². The molecule has 4 nitrogen and oxygen atoms in total. The van der Waals surface area contributed by atoms with Crippen LogP contribution in [-0.2, 0) is 0 Å². The van der Waals surface area contributed by atoms with E-state index in [2.05, 4.69) is 155 Å². The average molecular weight is 640 g/mol. The number of ether oxygens (including phenoxy) is 1. The van der Waals surface area contributed by atoms with Crippen LogP contribution in [0, 0.1) is 0 Å². The molecule has 0 N–H and O–H groups in total. The van der Waals surface area contributed by atoms with Gasteiger partial charge in [0.15, 0.2) is 0 Å².